The Morgan fingerprint density at radius 2 is 1.23 bits per heavy atom. The normalized spacial score (nSPS) is 9.27. The van der Waals surface area contributed by atoms with Crippen LogP contribution in [0, 0.1) is 0 Å². The van der Waals surface area contributed by atoms with E-state index in [4.69, 9.17) is 11.1 Å². The summed E-state index contributed by atoms with van der Waals surface area (Å²) in [7, 11) is 0. The van der Waals surface area contributed by atoms with Crippen molar-refractivity contribution in [2.75, 3.05) is 0 Å². The molecule has 2 heterocycles. The summed E-state index contributed by atoms with van der Waals surface area (Å²) in [5, 5.41) is 5.91. The van der Waals surface area contributed by atoms with Gasteiger partial charge in [-0.05, 0) is 45.6 Å². The van der Waals surface area contributed by atoms with Crippen molar-refractivity contribution in [2.24, 2.45) is 10.2 Å². The van der Waals surface area contributed by atoms with Crippen LogP contribution in [0.5, 0.6) is 0 Å². The summed E-state index contributed by atoms with van der Waals surface area (Å²) in [4.78, 5) is 35.5. The number of azide groups is 2. The molecule has 22 heavy (non-hydrogen) atoms. The van der Waals surface area contributed by atoms with Crippen LogP contribution in [0.3, 0.4) is 0 Å². The molecule has 0 unspecified atom stereocenters. The van der Waals surface area contributed by atoms with Crippen LogP contribution in [0.4, 0.5) is 0 Å². The predicted molar refractivity (Wildman–Crippen MR) is 74.4 cm³/mol. The second-order valence-electron chi connectivity index (χ2n) is 3.85. The Morgan fingerprint density at radius 1 is 0.818 bits per heavy atom. The fraction of sp³-hybridized carbons (Fsp3) is 0. The molecule has 10 nitrogen and oxygen atoms in total. The highest BCUT2D eigenvalue weighted by atomic mass is 16.2. The van der Waals surface area contributed by atoms with E-state index in [-0.39, 0.29) is 11.1 Å². The summed E-state index contributed by atoms with van der Waals surface area (Å²) in [5.74, 6) is -1.46. The highest BCUT2D eigenvalue weighted by Gasteiger charge is 2.07. The molecule has 0 atom stereocenters. The molecule has 2 aromatic heterocycles. The first-order valence-electron chi connectivity index (χ1n) is 5.77. The number of hydrogen-bond donors (Lipinski definition) is 0. The van der Waals surface area contributed by atoms with Crippen molar-refractivity contribution in [1.82, 2.24) is 9.97 Å². The number of nitrogens with zero attached hydrogens (tertiary/aromatic N) is 8. The minimum atomic E-state index is -0.732. The lowest BCUT2D eigenvalue weighted by molar-refractivity contribution is 0.0991. The van der Waals surface area contributed by atoms with Crippen LogP contribution in [0.1, 0.15) is 20.7 Å². The van der Waals surface area contributed by atoms with Gasteiger partial charge in [-0.15, -0.1) is 0 Å². The first-order valence-corrected chi connectivity index (χ1v) is 5.77. The fourth-order valence-electron chi connectivity index (χ4n) is 1.54. The Hall–Kier alpha value is -3.74. The van der Waals surface area contributed by atoms with Gasteiger partial charge in [0.2, 0.25) is 0 Å². The number of hydrogen-bond acceptors (Lipinski definition) is 4. The maximum Gasteiger partial charge on any atom is 0.250 e. The van der Waals surface area contributed by atoms with Crippen molar-refractivity contribution in [3.05, 3.63) is 68.7 Å². The SMILES string of the molecule is [N-]=[N+]=NC(=O)c1ccc(-c2ccc(C(=O)N=[N+]=[N-])cn2)nc1. The van der Waals surface area contributed by atoms with Crippen LogP contribution in [0.25, 0.3) is 32.3 Å². The predicted octanol–water partition coefficient (Wildman–Crippen LogP) is 3.04. The molecule has 0 fully saturated rings. The quantitative estimate of drug-likeness (QED) is 0.483. The summed E-state index contributed by atoms with van der Waals surface area (Å²) in [6.07, 6.45) is 2.51. The average molecular weight is 294 g/mol. The van der Waals surface area contributed by atoms with Crippen LogP contribution in [0.15, 0.2) is 46.9 Å². The molecule has 0 spiro atoms. The van der Waals surface area contributed by atoms with Crippen molar-refractivity contribution in [3.63, 3.8) is 0 Å². The van der Waals surface area contributed by atoms with Crippen molar-refractivity contribution >= 4 is 11.8 Å². The summed E-state index contributed by atoms with van der Waals surface area (Å²) in [5.41, 5.74) is 17.6. The summed E-state index contributed by atoms with van der Waals surface area (Å²) in [6.45, 7) is 0. The Morgan fingerprint density at radius 3 is 1.50 bits per heavy atom. The van der Waals surface area contributed by atoms with E-state index in [9.17, 15) is 9.59 Å². The third kappa shape index (κ3) is 3.23. The molecule has 0 aliphatic rings. The second kappa shape index (κ2) is 6.62. The monoisotopic (exact) mass is 294 g/mol. The standard InChI is InChI=1S/C12H6N8O2/c13-19-17-11(21)7-1-3-9(15-5-7)10-4-2-8(6-16-10)12(22)18-20-14/h1-6H. The van der Waals surface area contributed by atoms with Gasteiger partial charge in [0.1, 0.15) is 0 Å². The molecule has 106 valence electrons. The molecule has 0 aromatic carbocycles. The topological polar surface area (TPSA) is 157 Å². The molecule has 2 amide bonds. The molecule has 2 rings (SSSR count). The Labute approximate surface area is 122 Å². The average Bonchev–Trinajstić information content (AvgIpc) is 2.55. The van der Waals surface area contributed by atoms with Crippen molar-refractivity contribution in [3.8, 4) is 11.4 Å². The number of aromatic nitrogens is 2. The van der Waals surface area contributed by atoms with Crippen molar-refractivity contribution < 1.29 is 9.59 Å². The van der Waals surface area contributed by atoms with Gasteiger partial charge in [-0.1, -0.05) is 0 Å². The van der Waals surface area contributed by atoms with E-state index >= 15 is 0 Å². The lowest BCUT2D eigenvalue weighted by atomic mass is 10.2. The van der Waals surface area contributed by atoms with E-state index in [1.807, 2.05) is 0 Å². The summed E-state index contributed by atoms with van der Waals surface area (Å²) < 4.78 is 0. The molecule has 0 saturated carbocycles. The van der Waals surface area contributed by atoms with E-state index in [0.717, 1.165) is 0 Å². The van der Waals surface area contributed by atoms with E-state index < -0.39 is 11.8 Å². The molecule has 0 saturated heterocycles. The molecular formula is C12H6N8O2. The molecule has 0 aliphatic carbocycles. The highest BCUT2D eigenvalue weighted by molar-refractivity contribution is 5.95. The van der Waals surface area contributed by atoms with Crippen LogP contribution in [-0.2, 0) is 0 Å². The zero-order valence-electron chi connectivity index (χ0n) is 10.9. The largest absolute Gasteiger partial charge is 0.287 e. The Kier molecular flexibility index (Phi) is 4.41. The summed E-state index contributed by atoms with van der Waals surface area (Å²) in [6, 6.07) is 5.94. The number of carbonyl (C=O) groups is 2. The number of rotatable bonds is 3. The van der Waals surface area contributed by atoms with E-state index in [2.05, 4.69) is 30.0 Å². The van der Waals surface area contributed by atoms with Gasteiger partial charge in [-0.2, -0.15) is 0 Å². The molecule has 0 radical (unpaired) electrons. The molecule has 10 heteroatoms. The van der Waals surface area contributed by atoms with E-state index in [1.165, 1.54) is 36.7 Å². The maximum atomic E-state index is 11.3. The molecule has 2 aromatic rings. The lowest BCUT2D eigenvalue weighted by Gasteiger charge is -2.01. The molecule has 0 N–H and O–H groups in total. The van der Waals surface area contributed by atoms with Gasteiger partial charge in [0.15, 0.2) is 0 Å². The molecule has 0 bridgehead atoms. The fourth-order valence-corrected chi connectivity index (χ4v) is 1.54. The summed E-state index contributed by atoms with van der Waals surface area (Å²) >= 11 is 0. The Balaban J connectivity index is 2.25. The lowest BCUT2D eigenvalue weighted by Crippen LogP contribution is -1.97. The van der Waals surface area contributed by atoms with Crippen molar-refractivity contribution in [2.45, 2.75) is 0 Å². The van der Waals surface area contributed by atoms with Crippen LogP contribution in [-0.4, -0.2) is 21.8 Å². The zero-order valence-corrected chi connectivity index (χ0v) is 10.9. The number of carbonyl (C=O) groups excluding carboxylic acids is 2. The van der Waals surface area contributed by atoms with Gasteiger partial charge in [0.25, 0.3) is 11.8 Å². The zero-order chi connectivity index (χ0) is 15.9. The van der Waals surface area contributed by atoms with Gasteiger partial charge in [-0.25, -0.2) is 0 Å². The third-order valence-corrected chi connectivity index (χ3v) is 2.55. The van der Waals surface area contributed by atoms with E-state index in [1.54, 1.807) is 0 Å². The first kappa shape index (κ1) is 14.7. The van der Waals surface area contributed by atoms with Crippen LogP contribution >= 0.6 is 0 Å². The van der Waals surface area contributed by atoms with E-state index in [0.29, 0.717) is 11.4 Å². The number of pyridine rings is 2. The Bertz CT molecular complexity index is 744. The van der Waals surface area contributed by atoms with Crippen LogP contribution < -0.4 is 0 Å². The molecule has 0 aliphatic heterocycles. The van der Waals surface area contributed by atoms with Gasteiger partial charge in [0, 0.05) is 33.3 Å². The number of amides is 2. The minimum Gasteiger partial charge on any atom is -0.287 e. The highest BCUT2D eigenvalue weighted by Crippen LogP contribution is 2.15. The third-order valence-electron chi connectivity index (χ3n) is 2.55. The van der Waals surface area contributed by atoms with Crippen molar-refractivity contribution in [1.29, 1.82) is 0 Å². The molecular weight excluding hydrogens is 288 g/mol. The second-order valence-corrected chi connectivity index (χ2v) is 3.85. The maximum absolute atomic E-state index is 11.3. The van der Waals surface area contributed by atoms with Gasteiger partial charge >= 0.3 is 0 Å². The van der Waals surface area contributed by atoms with Gasteiger partial charge in [0.05, 0.1) is 11.4 Å². The van der Waals surface area contributed by atoms with Crippen LogP contribution in [0.2, 0.25) is 0 Å². The van der Waals surface area contributed by atoms with Gasteiger partial charge < -0.3 is 0 Å². The van der Waals surface area contributed by atoms with Gasteiger partial charge in [-0.3, -0.25) is 19.6 Å². The first-order chi connectivity index (χ1) is 10.7. The smallest absolute Gasteiger partial charge is 0.250 e. The minimum absolute atomic E-state index is 0.150.